The molecule has 1 N–H and O–H groups in total. The van der Waals surface area contributed by atoms with Gasteiger partial charge in [-0.25, -0.2) is 0 Å². The van der Waals surface area contributed by atoms with Gasteiger partial charge in [-0.1, -0.05) is 0 Å². The zero-order valence-corrected chi connectivity index (χ0v) is 8.16. The first-order chi connectivity index (χ1) is 6.15. The second kappa shape index (κ2) is 3.94. The molecular formula is C10H14N2O. The van der Waals surface area contributed by atoms with E-state index in [-0.39, 0.29) is 0 Å². The van der Waals surface area contributed by atoms with Gasteiger partial charge in [0.05, 0.1) is 7.11 Å². The van der Waals surface area contributed by atoms with Crippen molar-refractivity contribution in [2.75, 3.05) is 21.2 Å². The lowest BCUT2D eigenvalue weighted by molar-refractivity contribution is 0.414. The number of nitrogens with one attached hydrogen (secondary N) is 1. The molecule has 1 aromatic carbocycles. The number of methoxy groups -OCH3 is 1. The van der Waals surface area contributed by atoms with Gasteiger partial charge in [0.2, 0.25) is 0 Å². The molecule has 0 amide bonds. The fraction of sp³-hybridized carbons (Fsp3) is 0.300. The molecule has 0 spiro atoms. The zero-order chi connectivity index (χ0) is 9.84. The van der Waals surface area contributed by atoms with Crippen LogP contribution in [-0.4, -0.2) is 31.9 Å². The summed E-state index contributed by atoms with van der Waals surface area (Å²) in [5.74, 6) is 1.32. The van der Waals surface area contributed by atoms with Crippen molar-refractivity contribution in [3.8, 4) is 5.75 Å². The Balaban J connectivity index is 2.86. The van der Waals surface area contributed by atoms with Crippen LogP contribution in [0.2, 0.25) is 0 Å². The van der Waals surface area contributed by atoms with Crippen LogP contribution in [0.25, 0.3) is 0 Å². The molecule has 0 heterocycles. The van der Waals surface area contributed by atoms with Crippen LogP contribution < -0.4 is 4.74 Å². The second-order valence-electron chi connectivity index (χ2n) is 2.97. The van der Waals surface area contributed by atoms with Gasteiger partial charge in [0.1, 0.15) is 11.6 Å². The molecule has 3 nitrogen and oxygen atoms in total. The Morgan fingerprint density at radius 3 is 2.15 bits per heavy atom. The number of rotatable bonds is 2. The largest absolute Gasteiger partial charge is 0.497 e. The normalized spacial score (nSPS) is 9.46. The lowest BCUT2D eigenvalue weighted by Crippen LogP contribution is -2.21. The first kappa shape index (κ1) is 9.58. The number of ether oxygens (including phenoxy) is 1. The van der Waals surface area contributed by atoms with E-state index in [0.29, 0.717) is 5.84 Å². The van der Waals surface area contributed by atoms with Crippen molar-refractivity contribution in [1.29, 1.82) is 5.41 Å². The molecule has 0 aliphatic carbocycles. The first-order valence-corrected chi connectivity index (χ1v) is 4.05. The minimum Gasteiger partial charge on any atom is -0.497 e. The van der Waals surface area contributed by atoms with Crippen molar-refractivity contribution in [2.45, 2.75) is 0 Å². The molecule has 0 fully saturated rings. The Bertz CT molecular complexity index is 290. The van der Waals surface area contributed by atoms with Gasteiger partial charge in [-0.15, -0.1) is 0 Å². The number of nitrogens with zero attached hydrogens (tertiary/aromatic N) is 1. The summed E-state index contributed by atoms with van der Waals surface area (Å²) in [6.07, 6.45) is 0. The molecule has 0 aliphatic rings. The highest BCUT2D eigenvalue weighted by molar-refractivity contribution is 5.96. The smallest absolute Gasteiger partial charge is 0.127 e. The second-order valence-corrected chi connectivity index (χ2v) is 2.97. The van der Waals surface area contributed by atoms with Gasteiger partial charge in [0, 0.05) is 19.7 Å². The highest BCUT2D eigenvalue weighted by atomic mass is 16.5. The fourth-order valence-electron chi connectivity index (χ4n) is 1.01. The highest BCUT2D eigenvalue weighted by Gasteiger charge is 2.02. The van der Waals surface area contributed by atoms with Crippen LogP contribution >= 0.6 is 0 Å². The number of benzene rings is 1. The summed E-state index contributed by atoms with van der Waals surface area (Å²) in [6.45, 7) is 0. The van der Waals surface area contributed by atoms with Gasteiger partial charge in [-0.05, 0) is 24.3 Å². The van der Waals surface area contributed by atoms with Gasteiger partial charge in [-0.3, -0.25) is 5.41 Å². The van der Waals surface area contributed by atoms with E-state index in [1.807, 2.05) is 38.4 Å². The van der Waals surface area contributed by atoms with E-state index < -0.39 is 0 Å². The van der Waals surface area contributed by atoms with Gasteiger partial charge in [-0.2, -0.15) is 0 Å². The average molecular weight is 178 g/mol. The van der Waals surface area contributed by atoms with Crippen LogP contribution in [-0.2, 0) is 0 Å². The molecule has 0 unspecified atom stereocenters. The third-order valence-electron chi connectivity index (χ3n) is 1.81. The van der Waals surface area contributed by atoms with Crippen molar-refractivity contribution in [3.63, 3.8) is 0 Å². The van der Waals surface area contributed by atoms with Gasteiger partial charge >= 0.3 is 0 Å². The molecule has 0 aliphatic heterocycles. The summed E-state index contributed by atoms with van der Waals surface area (Å²) in [5, 5.41) is 7.70. The van der Waals surface area contributed by atoms with Crippen LogP contribution in [0.3, 0.4) is 0 Å². The predicted octanol–water partition coefficient (Wildman–Crippen LogP) is 1.58. The molecule has 0 radical (unpaired) electrons. The maximum Gasteiger partial charge on any atom is 0.127 e. The van der Waals surface area contributed by atoms with E-state index in [2.05, 4.69) is 0 Å². The van der Waals surface area contributed by atoms with Gasteiger partial charge in [0.25, 0.3) is 0 Å². The summed E-state index contributed by atoms with van der Waals surface area (Å²) in [5.41, 5.74) is 0.894. The topological polar surface area (TPSA) is 36.3 Å². The fourth-order valence-corrected chi connectivity index (χ4v) is 1.01. The summed E-state index contributed by atoms with van der Waals surface area (Å²) < 4.78 is 5.03. The van der Waals surface area contributed by atoms with E-state index in [0.717, 1.165) is 11.3 Å². The number of hydrogen-bond acceptors (Lipinski definition) is 2. The molecule has 3 heteroatoms. The molecular weight excluding hydrogens is 164 g/mol. The summed E-state index contributed by atoms with van der Waals surface area (Å²) in [4.78, 5) is 1.77. The monoisotopic (exact) mass is 178 g/mol. The molecule has 0 atom stereocenters. The van der Waals surface area contributed by atoms with Gasteiger partial charge < -0.3 is 9.64 Å². The summed E-state index contributed by atoms with van der Waals surface area (Å²) in [6, 6.07) is 7.46. The third kappa shape index (κ3) is 2.21. The van der Waals surface area contributed by atoms with E-state index in [9.17, 15) is 0 Å². The van der Waals surface area contributed by atoms with Crippen molar-refractivity contribution in [1.82, 2.24) is 4.90 Å². The number of hydrogen-bond donors (Lipinski definition) is 1. The van der Waals surface area contributed by atoms with Crippen LogP contribution in [0, 0.1) is 5.41 Å². The molecule has 0 bridgehead atoms. The molecule has 0 saturated carbocycles. The molecule has 1 rings (SSSR count). The average Bonchev–Trinajstić information content (AvgIpc) is 2.17. The molecule has 0 aromatic heterocycles. The molecule has 1 aromatic rings. The number of amidine groups is 1. The van der Waals surface area contributed by atoms with Crippen LogP contribution in [0.4, 0.5) is 0 Å². The Morgan fingerprint density at radius 2 is 1.77 bits per heavy atom. The predicted molar refractivity (Wildman–Crippen MR) is 53.5 cm³/mol. The molecule has 13 heavy (non-hydrogen) atoms. The minimum atomic E-state index is 0.502. The van der Waals surface area contributed by atoms with E-state index in [1.54, 1.807) is 12.0 Å². The maximum atomic E-state index is 7.70. The molecule has 0 saturated heterocycles. The SMILES string of the molecule is COc1ccc(C(=N)N(C)C)cc1. The summed E-state index contributed by atoms with van der Waals surface area (Å²) in [7, 11) is 5.34. The quantitative estimate of drug-likeness (QED) is 0.551. The Morgan fingerprint density at radius 1 is 1.23 bits per heavy atom. The van der Waals surface area contributed by atoms with Crippen molar-refractivity contribution in [3.05, 3.63) is 29.8 Å². The Kier molecular flexibility index (Phi) is 2.90. The van der Waals surface area contributed by atoms with Crippen molar-refractivity contribution < 1.29 is 4.74 Å². The molecule has 70 valence electrons. The highest BCUT2D eigenvalue weighted by Crippen LogP contribution is 2.11. The van der Waals surface area contributed by atoms with Crippen molar-refractivity contribution in [2.24, 2.45) is 0 Å². The third-order valence-corrected chi connectivity index (χ3v) is 1.81. The lowest BCUT2D eigenvalue weighted by Gasteiger charge is -2.13. The first-order valence-electron chi connectivity index (χ1n) is 4.05. The van der Waals surface area contributed by atoms with E-state index in [1.165, 1.54) is 0 Å². The maximum absolute atomic E-state index is 7.70. The van der Waals surface area contributed by atoms with Crippen LogP contribution in [0.5, 0.6) is 5.75 Å². The Labute approximate surface area is 78.4 Å². The van der Waals surface area contributed by atoms with E-state index >= 15 is 0 Å². The van der Waals surface area contributed by atoms with Crippen LogP contribution in [0.1, 0.15) is 5.56 Å². The Hall–Kier alpha value is -1.51. The van der Waals surface area contributed by atoms with Crippen molar-refractivity contribution >= 4 is 5.84 Å². The minimum absolute atomic E-state index is 0.502. The summed E-state index contributed by atoms with van der Waals surface area (Å²) >= 11 is 0. The van der Waals surface area contributed by atoms with E-state index in [4.69, 9.17) is 10.1 Å². The van der Waals surface area contributed by atoms with Gasteiger partial charge in [0.15, 0.2) is 0 Å². The van der Waals surface area contributed by atoms with Crippen LogP contribution in [0.15, 0.2) is 24.3 Å². The zero-order valence-electron chi connectivity index (χ0n) is 8.16. The lowest BCUT2D eigenvalue weighted by atomic mass is 10.2. The standard InChI is InChI=1S/C10H14N2O/c1-12(2)10(11)8-4-6-9(13-3)7-5-8/h4-7,11H,1-3H3.